The molecule has 0 saturated carbocycles. The Labute approximate surface area is 639 Å². The van der Waals surface area contributed by atoms with Gasteiger partial charge in [0.25, 0.3) is 0 Å². The highest BCUT2D eigenvalue weighted by molar-refractivity contribution is 7.47. The van der Waals surface area contributed by atoms with Crippen LogP contribution in [0.25, 0.3) is 0 Å². The Balaban J connectivity index is 5.55. The van der Waals surface area contributed by atoms with E-state index in [0.29, 0.717) is 32.1 Å². The number of esters is 4. The Morgan fingerprint density at radius 2 is 0.509 bits per heavy atom. The predicted molar refractivity (Wildman–Crippen MR) is 435 cm³/mol. The maximum Gasteiger partial charge on any atom is 0.472 e. The lowest BCUT2D eigenvalue weighted by Crippen LogP contribution is -2.30. The zero-order chi connectivity index (χ0) is 77.4. The number of hydrogen-bond donors (Lipinski definition) is 3. The third-order valence-corrected chi connectivity index (χ3v) is 16.9. The van der Waals surface area contributed by atoms with Crippen molar-refractivity contribution < 1.29 is 80.2 Å². The van der Waals surface area contributed by atoms with Gasteiger partial charge in [-0.2, -0.15) is 0 Å². The van der Waals surface area contributed by atoms with E-state index < -0.39 is 97.5 Å². The molecule has 0 spiro atoms. The van der Waals surface area contributed by atoms with Crippen LogP contribution < -0.4 is 0 Å². The van der Waals surface area contributed by atoms with E-state index in [-0.39, 0.29) is 25.7 Å². The normalized spacial score (nSPS) is 15.0. The van der Waals surface area contributed by atoms with Gasteiger partial charge in [0.15, 0.2) is 12.2 Å². The van der Waals surface area contributed by atoms with Crippen LogP contribution in [0.5, 0.6) is 0 Å². The molecular formula is C87H134O17P2. The predicted octanol–water partition coefficient (Wildman–Crippen LogP) is 22.9. The number of phosphoric acid groups is 2. The molecule has 0 aromatic carbocycles. The summed E-state index contributed by atoms with van der Waals surface area (Å²) in [5.41, 5.74) is 0. The maximum atomic E-state index is 13.1. The topological polar surface area (TPSA) is 237 Å². The van der Waals surface area contributed by atoms with Crippen molar-refractivity contribution in [2.24, 2.45) is 0 Å². The van der Waals surface area contributed by atoms with Gasteiger partial charge >= 0.3 is 39.5 Å². The van der Waals surface area contributed by atoms with E-state index in [9.17, 15) is 43.2 Å². The summed E-state index contributed by atoms with van der Waals surface area (Å²) in [7, 11) is -10.0. The summed E-state index contributed by atoms with van der Waals surface area (Å²) in [6.45, 7) is 4.13. The second kappa shape index (κ2) is 76.6. The van der Waals surface area contributed by atoms with Crippen LogP contribution in [0.4, 0.5) is 0 Å². The first-order valence-electron chi connectivity index (χ1n) is 39.0. The lowest BCUT2D eigenvalue weighted by atomic mass is 10.1. The zero-order valence-electron chi connectivity index (χ0n) is 64.8. The van der Waals surface area contributed by atoms with Gasteiger partial charge < -0.3 is 33.8 Å². The van der Waals surface area contributed by atoms with Gasteiger partial charge in [-0.3, -0.25) is 37.3 Å². The van der Waals surface area contributed by atoms with E-state index in [4.69, 9.17) is 37.0 Å². The first-order valence-corrected chi connectivity index (χ1v) is 42.0. The van der Waals surface area contributed by atoms with Gasteiger partial charge in [-0.15, -0.1) is 0 Å². The third kappa shape index (κ3) is 75.6. The third-order valence-electron chi connectivity index (χ3n) is 15.0. The molecule has 0 aromatic rings. The molecule has 3 N–H and O–H groups in total. The Hall–Kier alpha value is -6.62. The lowest BCUT2D eigenvalue weighted by Gasteiger charge is -2.21. The molecule has 0 aliphatic carbocycles. The molecule has 0 rings (SSSR count). The first-order chi connectivity index (χ1) is 51.7. The van der Waals surface area contributed by atoms with E-state index in [1.165, 1.54) is 0 Å². The summed E-state index contributed by atoms with van der Waals surface area (Å²) in [5, 5.41) is 10.6. The monoisotopic (exact) mass is 1510 g/mol. The molecule has 0 saturated heterocycles. The van der Waals surface area contributed by atoms with Crippen molar-refractivity contribution in [3.05, 3.63) is 219 Å². The average Bonchev–Trinajstić information content (AvgIpc) is 0.909. The van der Waals surface area contributed by atoms with Crippen LogP contribution in [0.15, 0.2) is 219 Å². The molecule has 0 fully saturated rings. The van der Waals surface area contributed by atoms with Crippen LogP contribution in [0.3, 0.4) is 0 Å². The van der Waals surface area contributed by atoms with Crippen LogP contribution in [-0.4, -0.2) is 96.7 Å². The summed E-state index contributed by atoms with van der Waals surface area (Å²) in [6.07, 6.45) is 96.8. The number of hydrogen-bond acceptors (Lipinski definition) is 15. The van der Waals surface area contributed by atoms with Gasteiger partial charge in [0.1, 0.15) is 19.3 Å². The fraction of sp³-hybridized carbons (Fsp3) is 0.540. The summed E-state index contributed by atoms with van der Waals surface area (Å²) in [6, 6.07) is 0. The van der Waals surface area contributed by atoms with E-state index in [1.807, 2.05) is 24.3 Å². The van der Waals surface area contributed by atoms with Crippen LogP contribution in [0.2, 0.25) is 0 Å². The summed E-state index contributed by atoms with van der Waals surface area (Å²) < 4.78 is 68.3. The fourth-order valence-electron chi connectivity index (χ4n) is 9.19. The minimum absolute atomic E-state index is 0.0503. The van der Waals surface area contributed by atoms with Gasteiger partial charge in [0, 0.05) is 19.3 Å². The molecule has 0 heterocycles. The quantitative estimate of drug-likeness (QED) is 0.0169. The standard InChI is InChI=1S/C87H134O17P2/c1-5-9-13-17-21-25-29-33-37-39-40-42-46-48-52-56-60-64-68-72-85(90)98-78-83(104-87(92)74-70-66-62-58-54-50-44-36-32-28-24-20-16-12-8-4)80-102-106(95,96)100-76-81(88)75-99-105(93,94)101-79-82(103-86(91)73-69-65-61-57-53-49-43-35-31-27-23-19-15-11-7-3)77-97-84(89)71-67-63-59-55-51-47-45-41-38-34-30-26-22-18-14-10-6-2/h9-16,21-28,33-38,40,42-45,47-48,52,54-55,58-59,66,70,81-83,88H,5-8,17-20,29-32,39,41,46,49-51,53,56-57,60-65,67-69,71-80H2,1-4H3,(H,93,94)(H,95,96)/b13-9-,14-10-,15-11-,16-12-,25-21-,26-22-,27-23-,28-24-,37-33-,38-34-,42-40-,43-35-,44-36-,47-45-,52-48-,58-54-,59-55-,70-66-. The van der Waals surface area contributed by atoms with E-state index in [2.05, 4.69) is 210 Å². The van der Waals surface area contributed by atoms with E-state index in [0.717, 1.165) is 161 Å². The van der Waals surface area contributed by atoms with Crippen molar-refractivity contribution in [1.82, 2.24) is 0 Å². The van der Waals surface area contributed by atoms with Crippen molar-refractivity contribution >= 4 is 39.5 Å². The highest BCUT2D eigenvalue weighted by Gasteiger charge is 2.30. The molecule has 594 valence electrons. The second-order valence-corrected chi connectivity index (χ2v) is 27.7. The smallest absolute Gasteiger partial charge is 0.462 e. The van der Waals surface area contributed by atoms with Gasteiger partial charge in [-0.1, -0.05) is 272 Å². The molecule has 0 radical (unpaired) electrons. The van der Waals surface area contributed by atoms with Gasteiger partial charge in [0.2, 0.25) is 0 Å². The van der Waals surface area contributed by atoms with Crippen LogP contribution in [0.1, 0.15) is 246 Å². The van der Waals surface area contributed by atoms with Crippen LogP contribution in [-0.2, 0) is 65.4 Å². The maximum absolute atomic E-state index is 13.1. The zero-order valence-corrected chi connectivity index (χ0v) is 66.5. The number of carbonyl (C=O) groups excluding carboxylic acids is 4. The Kier molecular flexibility index (Phi) is 71.8. The number of rotatable bonds is 70. The highest BCUT2D eigenvalue weighted by Crippen LogP contribution is 2.45. The van der Waals surface area contributed by atoms with Gasteiger partial charge in [0.05, 0.1) is 32.8 Å². The largest absolute Gasteiger partial charge is 0.472 e. The van der Waals surface area contributed by atoms with Crippen molar-refractivity contribution in [3.63, 3.8) is 0 Å². The van der Waals surface area contributed by atoms with E-state index in [1.54, 1.807) is 12.2 Å². The number of phosphoric ester groups is 2. The summed E-state index contributed by atoms with van der Waals surface area (Å²) in [5.74, 6) is -2.48. The molecule has 17 nitrogen and oxygen atoms in total. The highest BCUT2D eigenvalue weighted by atomic mass is 31.2. The van der Waals surface area contributed by atoms with Crippen molar-refractivity contribution in [2.45, 2.75) is 264 Å². The van der Waals surface area contributed by atoms with Crippen molar-refractivity contribution in [1.29, 1.82) is 0 Å². The van der Waals surface area contributed by atoms with Crippen molar-refractivity contribution in [3.8, 4) is 0 Å². The SMILES string of the molecule is CC/C=C\C/C=C\C/C=C\C/C=C\C/C=C\CCCCCC(=O)OCC(COP(=O)(O)OCC(O)COP(=O)(O)OCC(COC(=O)CCC/C=C\C/C=C\C/C=C\C/C=C\C/C=C\CC)OC(=O)CCCCCCC/C=C\C/C=C\C/C=C\CC)OC(=O)C/C=C\C/C=C\C/C=C\C/C=C\C/C=C\CC. The summed E-state index contributed by atoms with van der Waals surface area (Å²) >= 11 is 0. The van der Waals surface area contributed by atoms with E-state index >= 15 is 0 Å². The molecule has 0 aliphatic heterocycles. The molecule has 5 unspecified atom stereocenters. The number of carbonyl (C=O) groups is 4. The van der Waals surface area contributed by atoms with Crippen LogP contribution in [0, 0.1) is 0 Å². The average molecular weight is 1510 g/mol. The first kappa shape index (κ1) is 99.4. The lowest BCUT2D eigenvalue weighted by molar-refractivity contribution is -0.161. The Bertz CT molecular complexity index is 2880. The van der Waals surface area contributed by atoms with Crippen LogP contribution >= 0.6 is 15.6 Å². The number of aliphatic hydroxyl groups excluding tert-OH is 1. The molecule has 106 heavy (non-hydrogen) atoms. The number of unbranched alkanes of at least 4 members (excludes halogenated alkanes) is 9. The molecule has 0 amide bonds. The number of ether oxygens (including phenoxy) is 4. The molecule has 5 atom stereocenters. The minimum Gasteiger partial charge on any atom is -0.462 e. The fourth-order valence-corrected chi connectivity index (χ4v) is 10.8. The summed E-state index contributed by atoms with van der Waals surface area (Å²) in [4.78, 5) is 72.9. The number of aliphatic hydroxyl groups is 1. The minimum atomic E-state index is -5.03. The molecule has 19 heteroatoms. The van der Waals surface area contributed by atoms with Gasteiger partial charge in [-0.25, -0.2) is 9.13 Å². The van der Waals surface area contributed by atoms with Crippen molar-refractivity contribution in [2.75, 3.05) is 39.6 Å². The van der Waals surface area contributed by atoms with Gasteiger partial charge in [-0.05, 0) is 167 Å². The number of allylic oxidation sites excluding steroid dienone is 35. The molecular weight excluding hydrogens is 1380 g/mol. The Morgan fingerprint density at radius 3 is 0.840 bits per heavy atom. The molecule has 0 aromatic heterocycles. The Morgan fingerprint density at radius 1 is 0.274 bits per heavy atom. The molecule has 0 bridgehead atoms. The molecule has 0 aliphatic rings. The second-order valence-electron chi connectivity index (χ2n) is 24.8.